The number of anilines is 1. The minimum absolute atomic E-state index is 0.00352. The fourth-order valence-electron chi connectivity index (χ4n) is 1.19. The highest BCUT2D eigenvalue weighted by molar-refractivity contribution is 5.73. The first-order valence-electron chi connectivity index (χ1n) is 4.38. The van der Waals surface area contributed by atoms with Gasteiger partial charge in [0, 0.05) is 0 Å². The molecule has 16 heavy (non-hydrogen) atoms. The predicted molar refractivity (Wildman–Crippen MR) is 51.3 cm³/mol. The molecule has 0 amide bonds. The molecule has 0 saturated heterocycles. The van der Waals surface area contributed by atoms with Gasteiger partial charge in [-0.3, -0.25) is 15.2 Å². The highest BCUT2D eigenvalue weighted by Gasteiger charge is 2.13. The lowest BCUT2D eigenvalue weighted by Gasteiger charge is -2.18. The molecule has 1 atom stereocenters. The van der Waals surface area contributed by atoms with Crippen LogP contribution in [0.25, 0.3) is 0 Å². The Morgan fingerprint density at radius 3 is 2.62 bits per heavy atom. The normalized spacial score (nSPS) is 12.2. The van der Waals surface area contributed by atoms with Crippen LogP contribution in [-0.4, -0.2) is 27.5 Å². The third-order valence-electron chi connectivity index (χ3n) is 2.01. The van der Waals surface area contributed by atoms with Crippen molar-refractivity contribution >= 4 is 11.7 Å². The smallest absolute Gasteiger partial charge is 0.320 e. The first-order valence-corrected chi connectivity index (χ1v) is 4.38. The van der Waals surface area contributed by atoms with Crippen LogP contribution >= 0.6 is 0 Å². The molecule has 1 rings (SSSR count). The Balaban J connectivity index is 2.91. The Labute approximate surface area is 90.9 Å². The van der Waals surface area contributed by atoms with E-state index in [-0.39, 0.29) is 17.3 Å². The number of hydrogen-bond acceptors (Lipinski definition) is 6. The Kier molecular flexibility index (Phi) is 3.67. The van der Waals surface area contributed by atoms with Crippen LogP contribution in [0.15, 0.2) is 18.2 Å². The fraction of sp³-hybridized carbons (Fsp3) is 0.222. The van der Waals surface area contributed by atoms with E-state index in [0.29, 0.717) is 5.56 Å². The van der Waals surface area contributed by atoms with Crippen LogP contribution in [0.3, 0.4) is 0 Å². The lowest BCUT2D eigenvalue weighted by atomic mass is 10.1. The SMILES string of the molecule is N[C@@H](Cc1ccc([O-])c(N(O)O)c1)C(=O)O. The summed E-state index contributed by atoms with van der Waals surface area (Å²) in [6.45, 7) is 0. The topological polar surface area (TPSA) is 130 Å². The number of carboxylic acid groups (broad SMARTS) is 1. The summed E-state index contributed by atoms with van der Waals surface area (Å²) in [7, 11) is 0. The van der Waals surface area contributed by atoms with E-state index in [0.717, 1.165) is 6.07 Å². The number of nitrogens with zero attached hydrogens (tertiary/aromatic N) is 1. The monoisotopic (exact) mass is 227 g/mol. The Morgan fingerprint density at radius 2 is 2.12 bits per heavy atom. The van der Waals surface area contributed by atoms with Gasteiger partial charge in [0.15, 0.2) is 0 Å². The van der Waals surface area contributed by atoms with Gasteiger partial charge in [0.05, 0.1) is 5.69 Å². The van der Waals surface area contributed by atoms with E-state index >= 15 is 0 Å². The zero-order valence-electron chi connectivity index (χ0n) is 8.20. The summed E-state index contributed by atoms with van der Waals surface area (Å²) in [5.41, 5.74) is 5.37. The third-order valence-corrected chi connectivity index (χ3v) is 2.01. The molecule has 0 aliphatic heterocycles. The Morgan fingerprint density at radius 1 is 1.50 bits per heavy atom. The van der Waals surface area contributed by atoms with Crippen LogP contribution in [0.4, 0.5) is 5.69 Å². The summed E-state index contributed by atoms with van der Waals surface area (Å²) in [6, 6.07) is 2.57. The van der Waals surface area contributed by atoms with Crippen molar-refractivity contribution in [2.24, 2.45) is 5.73 Å². The third kappa shape index (κ3) is 2.83. The first kappa shape index (κ1) is 12.2. The zero-order valence-corrected chi connectivity index (χ0v) is 8.20. The fourth-order valence-corrected chi connectivity index (χ4v) is 1.19. The van der Waals surface area contributed by atoms with Crippen molar-refractivity contribution in [3.63, 3.8) is 0 Å². The van der Waals surface area contributed by atoms with Gasteiger partial charge in [-0.05, 0) is 18.1 Å². The van der Waals surface area contributed by atoms with Crippen molar-refractivity contribution in [1.82, 2.24) is 0 Å². The first-order chi connectivity index (χ1) is 7.41. The summed E-state index contributed by atoms with van der Waals surface area (Å²) in [6.07, 6.45) is -0.00352. The van der Waals surface area contributed by atoms with Crippen molar-refractivity contribution in [3.05, 3.63) is 23.8 Å². The van der Waals surface area contributed by atoms with Gasteiger partial charge in [0.1, 0.15) is 6.04 Å². The van der Waals surface area contributed by atoms with Crippen LogP contribution in [-0.2, 0) is 11.2 Å². The quantitative estimate of drug-likeness (QED) is 0.500. The van der Waals surface area contributed by atoms with Crippen molar-refractivity contribution in [2.75, 3.05) is 5.23 Å². The van der Waals surface area contributed by atoms with Crippen molar-refractivity contribution in [2.45, 2.75) is 12.5 Å². The average Bonchev–Trinajstić information content (AvgIpc) is 2.20. The molecule has 0 saturated carbocycles. The lowest BCUT2D eigenvalue weighted by molar-refractivity contribution is -0.268. The molecule has 1 aromatic carbocycles. The van der Waals surface area contributed by atoms with Crippen molar-refractivity contribution in [3.8, 4) is 5.75 Å². The van der Waals surface area contributed by atoms with Gasteiger partial charge < -0.3 is 15.9 Å². The van der Waals surface area contributed by atoms with Crippen LogP contribution in [0, 0.1) is 0 Å². The van der Waals surface area contributed by atoms with Gasteiger partial charge >= 0.3 is 5.97 Å². The molecular formula is C9H11N2O5-. The van der Waals surface area contributed by atoms with Crippen LogP contribution in [0.1, 0.15) is 5.56 Å². The highest BCUT2D eigenvalue weighted by atomic mass is 16.8. The molecule has 0 spiro atoms. The minimum Gasteiger partial charge on any atom is -0.871 e. The minimum atomic E-state index is -1.17. The van der Waals surface area contributed by atoms with Gasteiger partial charge in [0.25, 0.3) is 0 Å². The Hall–Kier alpha value is -1.83. The van der Waals surface area contributed by atoms with Crippen molar-refractivity contribution in [1.29, 1.82) is 0 Å². The molecule has 0 radical (unpaired) electrons. The van der Waals surface area contributed by atoms with Gasteiger partial charge in [-0.25, -0.2) is 0 Å². The van der Waals surface area contributed by atoms with E-state index in [1.807, 2.05) is 0 Å². The second-order valence-corrected chi connectivity index (χ2v) is 3.24. The molecule has 1 aromatic rings. The summed E-state index contributed by atoms with van der Waals surface area (Å²) in [5, 5.41) is 36.8. The number of carboxylic acids is 1. The van der Waals surface area contributed by atoms with Gasteiger partial charge in [-0.15, -0.1) is 5.23 Å². The number of hydrogen-bond donors (Lipinski definition) is 4. The molecule has 0 bridgehead atoms. The molecule has 0 unspecified atom stereocenters. The maximum absolute atomic E-state index is 11.1. The second kappa shape index (κ2) is 4.79. The molecule has 0 aliphatic carbocycles. The maximum Gasteiger partial charge on any atom is 0.320 e. The molecule has 0 aromatic heterocycles. The van der Waals surface area contributed by atoms with Gasteiger partial charge in [0.2, 0.25) is 0 Å². The summed E-state index contributed by atoms with van der Waals surface area (Å²) < 4.78 is 0. The van der Waals surface area contributed by atoms with Crippen LogP contribution in [0.5, 0.6) is 5.75 Å². The predicted octanol–water partition coefficient (Wildman–Crippen LogP) is -0.701. The van der Waals surface area contributed by atoms with E-state index < -0.39 is 17.8 Å². The van der Waals surface area contributed by atoms with Crippen molar-refractivity contribution < 1.29 is 25.4 Å². The maximum atomic E-state index is 11.1. The number of rotatable bonds is 4. The number of nitrogens with two attached hydrogens (primary N) is 1. The summed E-state index contributed by atoms with van der Waals surface area (Å²) in [5.74, 6) is -1.75. The molecule has 0 aliphatic rings. The van der Waals surface area contributed by atoms with E-state index in [9.17, 15) is 9.90 Å². The second-order valence-electron chi connectivity index (χ2n) is 3.24. The molecule has 5 N–H and O–H groups in total. The molecule has 0 heterocycles. The van der Waals surface area contributed by atoms with E-state index in [2.05, 4.69) is 0 Å². The lowest BCUT2D eigenvalue weighted by Crippen LogP contribution is -2.32. The van der Waals surface area contributed by atoms with Gasteiger partial charge in [-0.2, -0.15) is 0 Å². The molecular weight excluding hydrogens is 216 g/mol. The average molecular weight is 227 g/mol. The van der Waals surface area contributed by atoms with E-state index in [1.165, 1.54) is 12.1 Å². The van der Waals surface area contributed by atoms with Crippen LogP contribution in [0.2, 0.25) is 0 Å². The molecule has 88 valence electrons. The number of aliphatic carboxylic acids is 1. The standard InChI is InChI=1S/C9H12N2O5/c10-6(9(13)14)3-5-1-2-8(12)7(4-5)11(15)16/h1-2,4,6,12,15-16H,3,10H2,(H,13,14)/p-1/t6-/m0/s1. The number of benzene rings is 1. The Bertz CT molecular complexity index is 393. The molecule has 7 nitrogen and oxygen atoms in total. The largest absolute Gasteiger partial charge is 0.871 e. The summed E-state index contributed by atoms with van der Waals surface area (Å²) in [4.78, 5) is 10.5. The van der Waals surface area contributed by atoms with Crippen LogP contribution < -0.4 is 16.1 Å². The summed E-state index contributed by atoms with van der Waals surface area (Å²) >= 11 is 0. The zero-order chi connectivity index (χ0) is 12.3. The van der Waals surface area contributed by atoms with E-state index in [1.54, 1.807) is 0 Å². The highest BCUT2D eigenvalue weighted by Crippen LogP contribution is 2.24. The molecule has 7 heteroatoms. The van der Waals surface area contributed by atoms with E-state index in [4.69, 9.17) is 21.3 Å². The molecule has 0 fully saturated rings. The van der Waals surface area contributed by atoms with Gasteiger partial charge in [-0.1, -0.05) is 17.9 Å². The number of carbonyl (C=O) groups is 1.